The van der Waals surface area contributed by atoms with Crippen LogP contribution in [-0.4, -0.2) is 21.6 Å². The molecule has 0 aliphatic rings. The predicted molar refractivity (Wildman–Crippen MR) is 70.5 cm³/mol. The summed E-state index contributed by atoms with van der Waals surface area (Å²) in [6.07, 6.45) is 2.69. The Morgan fingerprint density at radius 1 is 1.45 bits per heavy atom. The van der Waals surface area contributed by atoms with Crippen molar-refractivity contribution in [3.8, 4) is 6.07 Å². The highest BCUT2D eigenvalue weighted by atomic mass is 16.2. The second-order valence-electron chi connectivity index (χ2n) is 4.03. The Morgan fingerprint density at radius 3 is 2.90 bits per heavy atom. The molecular formula is C13H11N5O2. The van der Waals surface area contributed by atoms with Crippen LogP contribution in [0.5, 0.6) is 0 Å². The third-order valence-electron chi connectivity index (χ3n) is 2.50. The van der Waals surface area contributed by atoms with Gasteiger partial charge in [-0.05, 0) is 18.2 Å². The largest absolute Gasteiger partial charge is 0.366 e. The highest BCUT2D eigenvalue weighted by Gasteiger charge is 2.08. The molecule has 0 bridgehead atoms. The average Bonchev–Trinajstić information content (AvgIpc) is 2.87. The summed E-state index contributed by atoms with van der Waals surface area (Å²) in [6.45, 7) is -0.0515. The molecule has 0 radical (unpaired) electrons. The number of nitrogens with two attached hydrogens (primary N) is 1. The van der Waals surface area contributed by atoms with E-state index in [1.54, 1.807) is 24.3 Å². The fourth-order valence-corrected chi connectivity index (χ4v) is 1.59. The molecular weight excluding hydrogens is 258 g/mol. The molecule has 0 aliphatic heterocycles. The van der Waals surface area contributed by atoms with E-state index in [-0.39, 0.29) is 18.0 Å². The first-order chi connectivity index (χ1) is 9.58. The molecule has 1 aromatic heterocycles. The second-order valence-corrected chi connectivity index (χ2v) is 4.03. The molecule has 0 unspecified atom stereocenters. The van der Waals surface area contributed by atoms with Gasteiger partial charge >= 0.3 is 0 Å². The van der Waals surface area contributed by atoms with Gasteiger partial charge in [0.1, 0.15) is 6.54 Å². The molecule has 2 rings (SSSR count). The number of hydrogen-bond donors (Lipinski definition) is 2. The number of amides is 2. The van der Waals surface area contributed by atoms with Crippen molar-refractivity contribution in [1.29, 1.82) is 5.26 Å². The lowest BCUT2D eigenvalue weighted by Gasteiger charge is -2.05. The Hall–Kier alpha value is -3.14. The van der Waals surface area contributed by atoms with Crippen LogP contribution in [0.15, 0.2) is 36.7 Å². The molecule has 1 heterocycles. The molecule has 7 heteroatoms. The minimum absolute atomic E-state index is 0.0515. The number of nitrogens with one attached hydrogen (secondary N) is 1. The van der Waals surface area contributed by atoms with Crippen molar-refractivity contribution in [2.45, 2.75) is 6.54 Å². The molecule has 3 N–H and O–H groups in total. The van der Waals surface area contributed by atoms with E-state index in [0.717, 1.165) is 0 Å². The highest BCUT2D eigenvalue weighted by molar-refractivity contribution is 5.93. The molecule has 7 nitrogen and oxygen atoms in total. The minimum Gasteiger partial charge on any atom is -0.366 e. The molecule has 0 atom stereocenters. The Morgan fingerprint density at radius 2 is 2.25 bits per heavy atom. The van der Waals surface area contributed by atoms with Crippen LogP contribution in [0.25, 0.3) is 0 Å². The first kappa shape index (κ1) is 13.3. The van der Waals surface area contributed by atoms with Crippen LogP contribution in [0.2, 0.25) is 0 Å². The van der Waals surface area contributed by atoms with Gasteiger partial charge in [-0.15, -0.1) is 0 Å². The number of rotatable bonds is 4. The number of aromatic nitrogens is 2. The van der Waals surface area contributed by atoms with E-state index in [2.05, 4.69) is 10.4 Å². The summed E-state index contributed by atoms with van der Waals surface area (Å²) in [4.78, 5) is 22.7. The maximum Gasteiger partial charge on any atom is 0.251 e. The minimum atomic E-state index is -0.599. The van der Waals surface area contributed by atoms with Gasteiger partial charge in [0.05, 0.1) is 23.4 Å². The van der Waals surface area contributed by atoms with Crippen molar-refractivity contribution in [2.24, 2.45) is 5.73 Å². The summed E-state index contributed by atoms with van der Waals surface area (Å²) in [5.74, 6) is -0.919. The van der Waals surface area contributed by atoms with Crippen LogP contribution in [0, 0.1) is 11.3 Å². The summed E-state index contributed by atoms with van der Waals surface area (Å²) >= 11 is 0. The highest BCUT2D eigenvalue weighted by Crippen LogP contribution is 2.09. The van der Waals surface area contributed by atoms with Gasteiger partial charge in [0.15, 0.2) is 0 Å². The summed E-state index contributed by atoms with van der Waals surface area (Å²) in [5.41, 5.74) is 6.31. The van der Waals surface area contributed by atoms with Gasteiger partial charge < -0.3 is 11.1 Å². The number of benzene rings is 1. The maximum atomic E-state index is 11.8. The molecule has 100 valence electrons. The van der Waals surface area contributed by atoms with Gasteiger partial charge in [0.2, 0.25) is 5.91 Å². The number of carbonyl (C=O) groups is 2. The van der Waals surface area contributed by atoms with Crippen molar-refractivity contribution in [1.82, 2.24) is 9.78 Å². The summed E-state index contributed by atoms with van der Waals surface area (Å²) < 4.78 is 1.31. The van der Waals surface area contributed by atoms with Gasteiger partial charge in [0, 0.05) is 11.9 Å². The van der Waals surface area contributed by atoms with E-state index in [4.69, 9.17) is 11.0 Å². The number of hydrogen-bond acceptors (Lipinski definition) is 4. The van der Waals surface area contributed by atoms with Gasteiger partial charge in [-0.1, -0.05) is 6.07 Å². The predicted octanol–water partition coefficient (Wildman–Crippen LogP) is 0.492. The van der Waals surface area contributed by atoms with E-state index in [0.29, 0.717) is 11.3 Å². The third-order valence-corrected chi connectivity index (χ3v) is 2.50. The topological polar surface area (TPSA) is 114 Å². The van der Waals surface area contributed by atoms with Gasteiger partial charge in [-0.25, -0.2) is 0 Å². The zero-order valence-electron chi connectivity index (χ0n) is 10.4. The SMILES string of the molecule is N#Cc1cccc(NC(=O)Cn2cc(C(N)=O)cn2)c1. The lowest BCUT2D eigenvalue weighted by Crippen LogP contribution is -2.19. The third kappa shape index (κ3) is 3.20. The van der Waals surface area contributed by atoms with E-state index in [9.17, 15) is 9.59 Å². The van der Waals surface area contributed by atoms with E-state index in [1.165, 1.54) is 17.1 Å². The summed E-state index contributed by atoms with van der Waals surface area (Å²) in [7, 11) is 0. The van der Waals surface area contributed by atoms with Crippen molar-refractivity contribution in [3.05, 3.63) is 47.8 Å². The van der Waals surface area contributed by atoms with Gasteiger partial charge in [-0.3, -0.25) is 14.3 Å². The van der Waals surface area contributed by atoms with Crippen molar-refractivity contribution in [2.75, 3.05) is 5.32 Å². The van der Waals surface area contributed by atoms with Crippen LogP contribution >= 0.6 is 0 Å². The molecule has 2 aromatic rings. The molecule has 0 saturated heterocycles. The van der Waals surface area contributed by atoms with E-state index in [1.807, 2.05) is 6.07 Å². The fraction of sp³-hybridized carbons (Fsp3) is 0.0769. The number of primary amides is 1. The second kappa shape index (κ2) is 5.67. The quantitative estimate of drug-likeness (QED) is 0.840. The van der Waals surface area contributed by atoms with Crippen molar-refractivity contribution >= 4 is 17.5 Å². The van der Waals surface area contributed by atoms with Crippen LogP contribution in [0.1, 0.15) is 15.9 Å². The smallest absolute Gasteiger partial charge is 0.251 e. The number of nitriles is 1. The summed E-state index contributed by atoms with van der Waals surface area (Å²) in [5, 5.41) is 15.3. The number of carbonyl (C=O) groups excluding carboxylic acids is 2. The molecule has 2 amide bonds. The Kier molecular flexibility index (Phi) is 3.77. The molecule has 0 spiro atoms. The molecule has 0 saturated carbocycles. The first-order valence-corrected chi connectivity index (χ1v) is 5.71. The fourth-order valence-electron chi connectivity index (χ4n) is 1.59. The average molecular weight is 269 g/mol. The zero-order chi connectivity index (χ0) is 14.5. The Bertz CT molecular complexity index is 699. The lowest BCUT2D eigenvalue weighted by atomic mass is 10.2. The van der Waals surface area contributed by atoms with Crippen LogP contribution in [0.4, 0.5) is 5.69 Å². The van der Waals surface area contributed by atoms with Crippen LogP contribution in [0.3, 0.4) is 0 Å². The van der Waals surface area contributed by atoms with E-state index < -0.39 is 5.91 Å². The van der Waals surface area contributed by atoms with E-state index >= 15 is 0 Å². The van der Waals surface area contributed by atoms with Gasteiger partial charge in [-0.2, -0.15) is 10.4 Å². The van der Waals surface area contributed by atoms with Crippen LogP contribution < -0.4 is 11.1 Å². The van der Waals surface area contributed by atoms with Crippen LogP contribution in [-0.2, 0) is 11.3 Å². The van der Waals surface area contributed by atoms with Crippen molar-refractivity contribution in [3.63, 3.8) is 0 Å². The van der Waals surface area contributed by atoms with Gasteiger partial charge in [0.25, 0.3) is 5.91 Å². The maximum absolute atomic E-state index is 11.8. The first-order valence-electron chi connectivity index (χ1n) is 5.71. The molecule has 20 heavy (non-hydrogen) atoms. The Balaban J connectivity index is 2.01. The zero-order valence-corrected chi connectivity index (χ0v) is 10.4. The molecule has 1 aromatic carbocycles. The Labute approximate surface area is 114 Å². The lowest BCUT2D eigenvalue weighted by molar-refractivity contribution is -0.116. The monoisotopic (exact) mass is 269 g/mol. The number of anilines is 1. The molecule has 0 fully saturated rings. The van der Waals surface area contributed by atoms with Crippen molar-refractivity contribution < 1.29 is 9.59 Å². The molecule has 0 aliphatic carbocycles. The summed E-state index contributed by atoms with van der Waals surface area (Å²) in [6, 6.07) is 8.54. The standard InChI is InChI=1S/C13H11N5O2/c14-5-9-2-1-3-11(4-9)17-12(19)8-18-7-10(6-16-18)13(15)20/h1-4,6-7H,8H2,(H2,15,20)(H,17,19). The number of nitrogens with zero attached hydrogens (tertiary/aromatic N) is 3. The normalized spacial score (nSPS) is 9.75.